The van der Waals surface area contributed by atoms with Crippen LogP contribution >= 0.6 is 0 Å². The molecule has 1 aliphatic heterocycles. The maximum Gasteiger partial charge on any atom is 0.376 e. The number of carbonyl (C=O) groups excluding carboxylic acids is 1. The van der Waals surface area contributed by atoms with Crippen LogP contribution in [0, 0.1) is 0 Å². The van der Waals surface area contributed by atoms with E-state index >= 15 is 0 Å². The number of piperidine rings is 1. The monoisotopic (exact) mass is 224 g/mol. The van der Waals surface area contributed by atoms with Crippen molar-refractivity contribution < 1.29 is 9.53 Å². The number of carbonyl (C=O) groups is 1. The molecule has 0 aliphatic carbocycles. The Kier molecular flexibility index (Phi) is 3.51. The molecule has 2 heterocycles. The molecule has 0 atom stereocenters. The fraction of sp³-hybridized carbons (Fsp3) is 0.700. The minimum Gasteiger partial charge on any atom is -0.460 e. The second-order valence-electron chi connectivity index (χ2n) is 3.73. The summed E-state index contributed by atoms with van der Waals surface area (Å²) in [7, 11) is 0. The van der Waals surface area contributed by atoms with E-state index in [1.54, 1.807) is 11.6 Å². The summed E-state index contributed by atoms with van der Waals surface area (Å²) in [5.74, 6) is -0.0766. The van der Waals surface area contributed by atoms with Crippen LogP contribution < -0.4 is 5.32 Å². The van der Waals surface area contributed by atoms with Gasteiger partial charge in [-0.3, -0.25) is 0 Å². The highest BCUT2D eigenvalue weighted by Crippen LogP contribution is 2.18. The number of nitrogens with zero attached hydrogens (tertiary/aromatic N) is 3. The first-order valence-corrected chi connectivity index (χ1v) is 5.60. The van der Waals surface area contributed by atoms with Gasteiger partial charge in [-0.1, -0.05) is 0 Å². The number of rotatable bonds is 3. The Morgan fingerprint density at radius 2 is 2.38 bits per heavy atom. The van der Waals surface area contributed by atoms with Crippen molar-refractivity contribution in [2.45, 2.75) is 25.8 Å². The zero-order valence-electron chi connectivity index (χ0n) is 9.35. The highest BCUT2D eigenvalue weighted by Gasteiger charge is 2.23. The van der Waals surface area contributed by atoms with E-state index in [1.165, 1.54) is 6.33 Å². The maximum absolute atomic E-state index is 11.6. The van der Waals surface area contributed by atoms with Crippen LogP contribution in [0.2, 0.25) is 0 Å². The summed E-state index contributed by atoms with van der Waals surface area (Å²) in [6.45, 7) is 4.04. The molecule has 1 fully saturated rings. The van der Waals surface area contributed by atoms with Crippen molar-refractivity contribution in [1.82, 2.24) is 20.1 Å². The molecule has 6 nitrogen and oxygen atoms in total. The molecule has 0 bridgehead atoms. The summed E-state index contributed by atoms with van der Waals surface area (Å²) in [5, 5.41) is 7.39. The van der Waals surface area contributed by atoms with Crippen molar-refractivity contribution in [1.29, 1.82) is 0 Å². The number of hydrogen-bond donors (Lipinski definition) is 1. The molecule has 0 saturated carbocycles. The Balaban J connectivity index is 2.14. The van der Waals surface area contributed by atoms with Crippen LogP contribution in [0.1, 0.15) is 36.4 Å². The van der Waals surface area contributed by atoms with E-state index in [-0.39, 0.29) is 6.04 Å². The van der Waals surface area contributed by atoms with Crippen LogP contribution in [-0.4, -0.2) is 40.4 Å². The number of nitrogens with one attached hydrogen (secondary N) is 1. The van der Waals surface area contributed by atoms with Crippen molar-refractivity contribution in [2.75, 3.05) is 19.7 Å². The van der Waals surface area contributed by atoms with Gasteiger partial charge in [-0.25, -0.2) is 14.5 Å². The molecule has 1 saturated heterocycles. The molecule has 1 aromatic rings. The van der Waals surface area contributed by atoms with E-state index in [0.29, 0.717) is 12.4 Å². The van der Waals surface area contributed by atoms with Crippen LogP contribution in [-0.2, 0) is 4.74 Å². The summed E-state index contributed by atoms with van der Waals surface area (Å²) < 4.78 is 6.63. The SMILES string of the molecule is CCOC(=O)c1ncnn1C1CCNCC1. The predicted molar refractivity (Wildman–Crippen MR) is 57.1 cm³/mol. The van der Waals surface area contributed by atoms with Gasteiger partial charge < -0.3 is 10.1 Å². The lowest BCUT2D eigenvalue weighted by Gasteiger charge is -2.23. The van der Waals surface area contributed by atoms with Gasteiger partial charge in [0, 0.05) is 0 Å². The largest absolute Gasteiger partial charge is 0.460 e. The molecule has 0 amide bonds. The van der Waals surface area contributed by atoms with Crippen LogP contribution in [0.3, 0.4) is 0 Å². The van der Waals surface area contributed by atoms with Gasteiger partial charge >= 0.3 is 5.97 Å². The van der Waals surface area contributed by atoms with Crippen molar-refractivity contribution in [2.24, 2.45) is 0 Å². The lowest BCUT2D eigenvalue weighted by Crippen LogP contribution is -2.31. The lowest BCUT2D eigenvalue weighted by molar-refractivity contribution is 0.0499. The summed E-state index contributed by atoms with van der Waals surface area (Å²) in [5.41, 5.74) is 0. The lowest BCUT2D eigenvalue weighted by atomic mass is 10.1. The molecule has 0 aromatic carbocycles. The third kappa shape index (κ3) is 2.21. The Bertz CT molecular complexity index is 357. The second kappa shape index (κ2) is 5.07. The summed E-state index contributed by atoms with van der Waals surface area (Å²) in [4.78, 5) is 15.6. The second-order valence-corrected chi connectivity index (χ2v) is 3.73. The molecule has 2 rings (SSSR count). The first-order chi connectivity index (χ1) is 7.83. The molecular formula is C10H16N4O2. The number of esters is 1. The fourth-order valence-corrected chi connectivity index (χ4v) is 1.91. The van der Waals surface area contributed by atoms with Crippen molar-refractivity contribution in [3.8, 4) is 0 Å². The van der Waals surface area contributed by atoms with Gasteiger partial charge in [0.1, 0.15) is 6.33 Å². The Morgan fingerprint density at radius 3 is 3.06 bits per heavy atom. The van der Waals surface area contributed by atoms with Crippen molar-refractivity contribution in [3.63, 3.8) is 0 Å². The van der Waals surface area contributed by atoms with Gasteiger partial charge in [0.25, 0.3) is 0 Å². The van der Waals surface area contributed by atoms with Crippen LogP contribution in [0.25, 0.3) is 0 Å². The molecule has 1 aliphatic rings. The quantitative estimate of drug-likeness (QED) is 0.752. The van der Waals surface area contributed by atoms with Crippen LogP contribution in [0.15, 0.2) is 6.33 Å². The van der Waals surface area contributed by atoms with Gasteiger partial charge in [-0.05, 0) is 32.9 Å². The topological polar surface area (TPSA) is 69.0 Å². The average molecular weight is 224 g/mol. The van der Waals surface area contributed by atoms with Gasteiger partial charge in [0.15, 0.2) is 0 Å². The first kappa shape index (κ1) is 11.1. The minimum absolute atomic E-state index is 0.253. The molecule has 0 radical (unpaired) electrons. The van der Waals surface area contributed by atoms with E-state index in [0.717, 1.165) is 25.9 Å². The van der Waals surface area contributed by atoms with E-state index in [9.17, 15) is 4.79 Å². The third-order valence-corrected chi connectivity index (χ3v) is 2.69. The number of hydrogen-bond acceptors (Lipinski definition) is 5. The predicted octanol–water partition coefficient (Wildman–Crippen LogP) is 0.379. The molecule has 88 valence electrons. The normalized spacial score (nSPS) is 17.3. The Hall–Kier alpha value is -1.43. The summed E-state index contributed by atoms with van der Waals surface area (Å²) in [6.07, 6.45) is 3.35. The Labute approximate surface area is 94.0 Å². The molecule has 1 N–H and O–H groups in total. The van der Waals surface area contributed by atoms with E-state index in [2.05, 4.69) is 15.4 Å². The van der Waals surface area contributed by atoms with E-state index in [4.69, 9.17) is 4.74 Å². The zero-order valence-corrected chi connectivity index (χ0v) is 9.35. The number of ether oxygens (including phenoxy) is 1. The van der Waals surface area contributed by atoms with Crippen molar-refractivity contribution in [3.05, 3.63) is 12.2 Å². The summed E-state index contributed by atoms with van der Waals surface area (Å²) in [6, 6.07) is 0.253. The fourth-order valence-electron chi connectivity index (χ4n) is 1.91. The molecule has 0 spiro atoms. The molecule has 6 heteroatoms. The smallest absolute Gasteiger partial charge is 0.376 e. The van der Waals surface area contributed by atoms with Gasteiger partial charge in [-0.15, -0.1) is 0 Å². The highest BCUT2D eigenvalue weighted by molar-refractivity contribution is 5.85. The van der Waals surface area contributed by atoms with Crippen LogP contribution in [0.5, 0.6) is 0 Å². The summed E-state index contributed by atoms with van der Waals surface area (Å²) >= 11 is 0. The average Bonchev–Trinajstić information content (AvgIpc) is 2.79. The third-order valence-electron chi connectivity index (χ3n) is 2.69. The molecule has 16 heavy (non-hydrogen) atoms. The standard InChI is InChI=1S/C10H16N4O2/c1-2-16-10(15)9-12-7-13-14(9)8-3-5-11-6-4-8/h7-8,11H,2-6H2,1H3. The van der Waals surface area contributed by atoms with Gasteiger partial charge in [0.2, 0.25) is 5.82 Å². The minimum atomic E-state index is -0.390. The van der Waals surface area contributed by atoms with E-state index in [1.807, 2.05) is 0 Å². The molecule has 1 aromatic heterocycles. The van der Waals surface area contributed by atoms with Gasteiger partial charge in [0.05, 0.1) is 12.6 Å². The van der Waals surface area contributed by atoms with Crippen LogP contribution in [0.4, 0.5) is 0 Å². The highest BCUT2D eigenvalue weighted by atomic mass is 16.5. The zero-order chi connectivity index (χ0) is 11.4. The van der Waals surface area contributed by atoms with Crippen molar-refractivity contribution >= 4 is 5.97 Å². The van der Waals surface area contributed by atoms with E-state index < -0.39 is 5.97 Å². The first-order valence-electron chi connectivity index (χ1n) is 5.60. The number of aromatic nitrogens is 3. The molecular weight excluding hydrogens is 208 g/mol. The Morgan fingerprint density at radius 1 is 1.62 bits per heavy atom. The molecule has 0 unspecified atom stereocenters. The van der Waals surface area contributed by atoms with Gasteiger partial charge in [-0.2, -0.15) is 5.10 Å². The maximum atomic E-state index is 11.6.